The minimum atomic E-state index is -0.650. The molecule has 156 valence electrons. The van der Waals surface area contributed by atoms with Crippen molar-refractivity contribution in [2.24, 2.45) is 0 Å². The Labute approximate surface area is 178 Å². The molecule has 0 saturated carbocycles. The van der Waals surface area contributed by atoms with Crippen molar-refractivity contribution < 1.29 is 18.7 Å². The maximum atomic E-state index is 12.4. The number of esters is 1. The molecule has 3 heterocycles. The predicted molar refractivity (Wildman–Crippen MR) is 118 cm³/mol. The normalized spacial score (nSPS) is 22.8. The van der Waals surface area contributed by atoms with Crippen molar-refractivity contribution in [1.29, 1.82) is 0 Å². The van der Waals surface area contributed by atoms with Gasteiger partial charge in [0.1, 0.15) is 23.0 Å². The summed E-state index contributed by atoms with van der Waals surface area (Å²) in [6, 6.07) is 6.85. The third-order valence-corrected chi connectivity index (χ3v) is 8.52. The minimum Gasteiger partial charge on any atom is -0.484 e. The molecule has 7 heteroatoms. The number of benzene rings is 1. The van der Waals surface area contributed by atoms with E-state index in [0.717, 1.165) is 29.0 Å². The maximum absolute atomic E-state index is 12.4. The van der Waals surface area contributed by atoms with Gasteiger partial charge in [0.05, 0.1) is 0 Å². The second kappa shape index (κ2) is 8.64. The Kier molecular flexibility index (Phi) is 6.16. The summed E-state index contributed by atoms with van der Waals surface area (Å²) in [6.45, 7) is 3.85. The molecule has 0 radical (unpaired) electrons. The molecule has 1 unspecified atom stereocenters. The van der Waals surface area contributed by atoms with Crippen LogP contribution in [-0.4, -0.2) is 28.7 Å². The van der Waals surface area contributed by atoms with E-state index in [1.807, 2.05) is 41.5 Å². The molecule has 0 N–H and O–H groups in total. The first-order valence-corrected chi connectivity index (χ1v) is 12.5. The first kappa shape index (κ1) is 20.7. The van der Waals surface area contributed by atoms with Crippen LogP contribution in [0.4, 0.5) is 0 Å². The van der Waals surface area contributed by atoms with Crippen molar-refractivity contribution >= 4 is 38.5 Å². The molecule has 2 aromatic rings. The lowest BCUT2D eigenvalue weighted by molar-refractivity contribution is -0.161. The van der Waals surface area contributed by atoms with Gasteiger partial charge in [-0.05, 0) is 50.8 Å². The fraction of sp³-hybridized carbons (Fsp3) is 0.545. The van der Waals surface area contributed by atoms with Gasteiger partial charge in [0.2, 0.25) is 0 Å². The lowest BCUT2D eigenvalue weighted by Gasteiger charge is -2.39. The zero-order valence-corrected chi connectivity index (χ0v) is 18.4. The summed E-state index contributed by atoms with van der Waals surface area (Å²) in [6.07, 6.45) is 5.08. The molecule has 4 rings (SSSR count). The van der Waals surface area contributed by atoms with Gasteiger partial charge in [-0.3, -0.25) is 4.79 Å². The Morgan fingerprint density at radius 2 is 2.14 bits per heavy atom. The number of unbranched alkanes of at least 4 members (excludes halogenated alkanes) is 1. The zero-order chi connectivity index (χ0) is 20.4. The summed E-state index contributed by atoms with van der Waals surface area (Å²) >= 11 is 0. The summed E-state index contributed by atoms with van der Waals surface area (Å²) in [5.41, 5.74) is 0.425. The van der Waals surface area contributed by atoms with Crippen LogP contribution in [0.3, 0.4) is 0 Å². The molecule has 29 heavy (non-hydrogen) atoms. The van der Waals surface area contributed by atoms with Crippen LogP contribution in [0.15, 0.2) is 33.5 Å². The van der Waals surface area contributed by atoms with Crippen LogP contribution in [0, 0.1) is 0 Å². The van der Waals surface area contributed by atoms with E-state index >= 15 is 0 Å². The van der Waals surface area contributed by atoms with Gasteiger partial charge in [0.15, 0.2) is 0 Å². The lowest BCUT2D eigenvalue weighted by atomic mass is 9.90. The third-order valence-electron chi connectivity index (χ3n) is 5.51. The number of ether oxygens (including phenoxy) is 2. The van der Waals surface area contributed by atoms with Crippen LogP contribution in [0.2, 0.25) is 0 Å². The molecule has 0 bridgehead atoms. The number of carbonyl (C=O) groups excluding carboxylic acids is 1. The highest BCUT2D eigenvalue weighted by molar-refractivity contribution is 8.77. The molecule has 0 spiro atoms. The summed E-state index contributed by atoms with van der Waals surface area (Å²) in [5.74, 6) is 1.77. The lowest BCUT2D eigenvalue weighted by Crippen LogP contribution is -2.48. The Morgan fingerprint density at radius 1 is 1.28 bits per heavy atom. The predicted octanol–water partition coefficient (Wildman–Crippen LogP) is 5.13. The first-order valence-electron chi connectivity index (χ1n) is 10.1. The van der Waals surface area contributed by atoms with Crippen LogP contribution in [-0.2, 0) is 16.0 Å². The van der Waals surface area contributed by atoms with E-state index in [1.54, 1.807) is 12.1 Å². The molecular formula is C22H26O5S2. The number of carbonyl (C=O) groups is 1. The van der Waals surface area contributed by atoms with Crippen molar-refractivity contribution in [3.8, 4) is 5.75 Å². The largest absolute Gasteiger partial charge is 0.484 e. The average Bonchev–Trinajstić information content (AvgIpc) is 3.18. The first-order chi connectivity index (χ1) is 13.9. The van der Waals surface area contributed by atoms with Crippen LogP contribution in [0.5, 0.6) is 5.75 Å². The molecular weight excluding hydrogens is 408 g/mol. The Bertz CT molecular complexity index is 946. The van der Waals surface area contributed by atoms with Crippen LogP contribution in [0.1, 0.15) is 51.5 Å². The topological polar surface area (TPSA) is 65.7 Å². The molecule has 1 saturated heterocycles. The van der Waals surface area contributed by atoms with Gasteiger partial charge in [0.25, 0.3) is 0 Å². The van der Waals surface area contributed by atoms with E-state index in [2.05, 4.69) is 0 Å². The van der Waals surface area contributed by atoms with Crippen molar-refractivity contribution in [1.82, 2.24) is 0 Å². The van der Waals surface area contributed by atoms with E-state index in [0.29, 0.717) is 24.2 Å². The van der Waals surface area contributed by atoms with Gasteiger partial charge in [-0.2, -0.15) is 0 Å². The third kappa shape index (κ3) is 4.94. The second-order valence-corrected chi connectivity index (χ2v) is 11.0. The Balaban J connectivity index is 1.37. The molecule has 0 amide bonds. The molecule has 1 aromatic heterocycles. The van der Waals surface area contributed by atoms with Gasteiger partial charge in [0, 0.05) is 41.4 Å². The molecule has 1 aromatic carbocycles. The number of hydrogen-bond acceptors (Lipinski definition) is 7. The minimum absolute atomic E-state index is 0.157. The highest BCUT2D eigenvalue weighted by Crippen LogP contribution is 2.40. The summed E-state index contributed by atoms with van der Waals surface area (Å²) in [5, 5.41) is 1.58. The molecule has 2 aliphatic heterocycles. The Hall–Kier alpha value is -1.60. The second-order valence-electron chi connectivity index (χ2n) is 8.21. The molecule has 1 fully saturated rings. The van der Waals surface area contributed by atoms with Gasteiger partial charge in [-0.1, -0.05) is 28.0 Å². The van der Waals surface area contributed by atoms with E-state index < -0.39 is 5.60 Å². The van der Waals surface area contributed by atoms with Crippen LogP contribution in [0.25, 0.3) is 11.0 Å². The molecule has 5 nitrogen and oxygen atoms in total. The number of rotatable bonds is 6. The van der Waals surface area contributed by atoms with Crippen LogP contribution >= 0.6 is 21.6 Å². The SMILES string of the molecule is CC1(C)Oc2cc3oc(=O)ccc3cc2C[C@@H]1OC(=O)CCCCC1CCSS1. The fourth-order valence-electron chi connectivity index (χ4n) is 3.80. The van der Waals surface area contributed by atoms with E-state index in [9.17, 15) is 9.59 Å². The van der Waals surface area contributed by atoms with Gasteiger partial charge >= 0.3 is 11.6 Å². The molecule has 0 aliphatic carbocycles. The van der Waals surface area contributed by atoms with Crippen molar-refractivity contribution in [2.45, 2.75) is 69.3 Å². The van der Waals surface area contributed by atoms with E-state index in [-0.39, 0.29) is 17.7 Å². The van der Waals surface area contributed by atoms with Crippen molar-refractivity contribution in [3.05, 3.63) is 40.2 Å². The molecule has 2 aliphatic rings. The van der Waals surface area contributed by atoms with Gasteiger partial charge in [-0.15, -0.1) is 0 Å². The summed E-state index contributed by atoms with van der Waals surface area (Å²) in [4.78, 5) is 23.9. The maximum Gasteiger partial charge on any atom is 0.336 e. The zero-order valence-electron chi connectivity index (χ0n) is 16.8. The highest BCUT2D eigenvalue weighted by Gasteiger charge is 2.40. The summed E-state index contributed by atoms with van der Waals surface area (Å²) < 4.78 is 17.2. The number of fused-ring (bicyclic) bond motifs is 2. The Morgan fingerprint density at radius 3 is 2.93 bits per heavy atom. The van der Waals surface area contributed by atoms with Gasteiger partial charge in [-0.25, -0.2) is 4.79 Å². The quantitative estimate of drug-likeness (QED) is 0.270. The molecule has 2 atom stereocenters. The van der Waals surface area contributed by atoms with Gasteiger partial charge < -0.3 is 13.9 Å². The average molecular weight is 435 g/mol. The van der Waals surface area contributed by atoms with Crippen molar-refractivity contribution in [3.63, 3.8) is 0 Å². The van der Waals surface area contributed by atoms with Crippen LogP contribution < -0.4 is 10.4 Å². The smallest absolute Gasteiger partial charge is 0.336 e. The number of hydrogen-bond donors (Lipinski definition) is 0. The van der Waals surface area contributed by atoms with E-state index in [4.69, 9.17) is 13.9 Å². The van der Waals surface area contributed by atoms with Crippen molar-refractivity contribution in [2.75, 3.05) is 5.75 Å². The van der Waals surface area contributed by atoms with E-state index in [1.165, 1.54) is 24.7 Å². The standard InChI is InChI=1S/C22H26O5S2/c1-22(2)19(26-20(23)6-4-3-5-16-9-10-28-29-16)12-15-11-14-7-8-21(24)25-17(14)13-18(15)27-22/h7-8,11,13,16,19H,3-6,9-10,12H2,1-2H3/t16?,19-/m0/s1. The fourth-order valence-corrected chi connectivity index (χ4v) is 6.83. The highest BCUT2D eigenvalue weighted by atomic mass is 33.1. The summed E-state index contributed by atoms with van der Waals surface area (Å²) in [7, 11) is 3.94. The monoisotopic (exact) mass is 434 g/mol.